The van der Waals surface area contributed by atoms with Gasteiger partial charge in [-0.1, -0.05) is 18.2 Å². The Kier molecular flexibility index (Phi) is 4.73. The third kappa shape index (κ3) is 4.10. The molecule has 2 aromatic carbocycles. The number of rotatable bonds is 3. The molecule has 2 rings (SSSR count). The highest BCUT2D eigenvalue weighted by Gasteiger charge is 1.98. The highest BCUT2D eigenvalue weighted by molar-refractivity contribution is 7.80. The first kappa shape index (κ1) is 14.1. The van der Waals surface area contributed by atoms with Crippen LogP contribution in [0, 0.1) is 11.6 Å². The molecule has 2 aromatic rings. The van der Waals surface area contributed by atoms with E-state index in [1.54, 1.807) is 30.3 Å². The van der Waals surface area contributed by atoms with Gasteiger partial charge in [-0.25, -0.2) is 8.78 Å². The fourth-order valence-electron chi connectivity index (χ4n) is 1.43. The van der Waals surface area contributed by atoms with Crippen molar-refractivity contribution in [3.63, 3.8) is 0 Å². The molecule has 0 saturated heterocycles. The highest BCUT2D eigenvalue weighted by atomic mass is 32.1. The zero-order chi connectivity index (χ0) is 14.4. The molecule has 0 fully saturated rings. The average Bonchev–Trinajstić information content (AvgIpc) is 2.43. The molecular weight excluding hydrogens is 280 g/mol. The lowest BCUT2D eigenvalue weighted by atomic mass is 10.2. The van der Waals surface area contributed by atoms with Crippen molar-refractivity contribution in [2.45, 2.75) is 0 Å². The smallest absolute Gasteiger partial charge is 0.191 e. The minimum Gasteiger partial charge on any atom is -0.331 e. The van der Waals surface area contributed by atoms with Gasteiger partial charge in [0.25, 0.3) is 0 Å². The predicted octanol–water partition coefficient (Wildman–Crippen LogP) is 3.29. The van der Waals surface area contributed by atoms with Crippen molar-refractivity contribution in [1.29, 1.82) is 0 Å². The Balaban J connectivity index is 1.89. The summed E-state index contributed by atoms with van der Waals surface area (Å²) in [6, 6.07) is 12.0. The van der Waals surface area contributed by atoms with Gasteiger partial charge in [0.1, 0.15) is 11.6 Å². The number of hydrogen-bond donors (Lipinski definition) is 2. The van der Waals surface area contributed by atoms with Crippen molar-refractivity contribution in [3.05, 3.63) is 65.7 Å². The molecule has 0 saturated carbocycles. The Labute approximate surface area is 120 Å². The SMILES string of the molecule is Fc1ccc(NC(=S)N/N=C\c2ccccc2F)cc1. The van der Waals surface area contributed by atoms with Gasteiger partial charge < -0.3 is 5.32 Å². The summed E-state index contributed by atoms with van der Waals surface area (Å²) in [5.74, 6) is -0.692. The first-order valence-corrected chi connectivity index (χ1v) is 6.16. The molecule has 0 aliphatic rings. The topological polar surface area (TPSA) is 36.4 Å². The fraction of sp³-hybridized carbons (Fsp3) is 0. The van der Waals surface area contributed by atoms with Crippen molar-refractivity contribution in [2.75, 3.05) is 5.32 Å². The number of anilines is 1. The Morgan fingerprint density at radius 2 is 1.75 bits per heavy atom. The maximum absolute atomic E-state index is 13.3. The average molecular weight is 291 g/mol. The van der Waals surface area contributed by atoms with Gasteiger partial charge in [0.05, 0.1) is 6.21 Å². The molecule has 0 bridgehead atoms. The number of nitrogens with zero attached hydrogens (tertiary/aromatic N) is 1. The van der Waals surface area contributed by atoms with E-state index >= 15 is 0 Å². The van der Waals surface area contributed by atoms with Gasteiger partial charge in [-0.05, 0) is 42.5 Å². The third-order valence-corrected chi connectivity index (χ3v) is 2.57. The monoisotopic (exact) mass is 291 g/mol. The van der Waals surface area contributed by atoms with Crippen molar-refractivity contribution < 1.29 is 8.78 Å². The van der Waals surface area contributed by atoms with Gasteiger partial charge in [0.15, 0.2) is 5.11 Å². The van der Waals surface area contributed by atoms with Crippen molar-refractivity contribution in [2.24, 2.45) is 5.10 Å². The Morgan fingerprint density at radius 1 is 1.05 bits per heavy atom. The molecule has 2 N–H and O–H groups in total. The predicted molar refractivity (Wildman–Crippen MR) is 79.8 cm³/mol. The van der Waals surface area contributed by atoms with Gasteiger partial charge in [0, 0.05) is 11.3 Å². The zero-order valence-corrected chi connectivity index (χ0v) is 11.1. The number of halogens is 2. The van der Waals surface area contributed by atoms with Gasteiger partial charge in [-0.2, -0.15) is 5.10 Å². The molecule has 102 valence electrons. The molecule has 0 aliphatic carbocycles. The van der Waals surface area contributed by atoms with Crippen molar-refractivity contribution in [3.8, 4) is 0 Å². The van der Waals surface area contributed by atoms with Gasteiger partial charge in [0.2, 0.25) is 0 Å². The first-order valence-electron chi connectivity index (χ1n) is 5.75. The summed E-state index contributed by atoms with van der Waals surface area (Å²) in [4.78, 5) is 0. The van der Waals surface area contributed by atoms with Crippen LogP contribution < -0.4 is 10.7 Å². The lowest BCUT2D eigenvalue weighted by molar-refractivity contribution is 0.626. The second-order valence-electron chi connectivity index (χ2n) is 3.85. The third-order valence-electron chi connectivity index (χ3n) is 2.38. The molecule has 0 aliphatic heterocycles. The number of nitrogens with one attached hydrogen (secondary N) is 2. The molecule has 20 heavy (non-hydrogen) atoms. The number of thiocarbonyl (C=S) groups is 1. The highest BCUT2D eigenvalue weighted by Crippen LogP contribution is 2.07. The summed E-state index contributed by atoms with van der Waals surface area (Å²) < 4.78 is 26.0. The maximum atomic E-state index is 13.3. The van der Waals surface area contributed by atoms with Crippen LogP contribution in [0.15, 0.2) is 53.6 Å². The minimum atomic E-state index is -0.365. The van der Waals surface area contributed by atoms with E-state index in [4.69, 9.17) is 12.2 Å². The van der Waals surface area contributed by atoms with Crippen LogP contribution >= 0.6 is 12.2 Å². The van der Waals surface area contributed by atoms with E-state index in [0.717, 1.165) is 0 Å². The number of hydrazone groups is 1. The van der Waals surface area contributed by atoms with E-state index in [1.165, 1.54) is 24.4 Å². The second-order valence-corrected chi connectivity index (χ2v) is 4.26. The van der Waals surface area contributed by atoms with Crippen LogP contribution in [0.4, 0.5) is 14.5 Å². The molecule has 0 unspecified atom stereocenters. The molecule has 3 nitrogen and oxygen atoms in total. The quantitative estimate of drug-likeness (QED) is 0.517. The zero-order valence-electron chi connectivity index (χ0n) is 10.3. The van der Waals surface area contributed by atoms with E-state index in [1.807, 2.05) is 0 Å². The van der Waals surface area contributed by atoms with Crippen LogP contribution in [0.1, 0.15) is 5.56 Å². The lowest BCUT2D eigenvalue weighted by Crippen LogP contribution is -2.23. The number of benzene rings is 2. The summed E-state index contributed by atoms with van der Waals surface area (Å²) in [5, 5.41) is 6.87. The van der Waals surface area contributed by atoms with Crippen LogP contribution in [0.5, 0.6) is 0 Å². The Morgan fingerprint density at radius 3 is 2.45 bits per heavy atom. The molecule has 0 spiro atoms. The maximum Gasteiger partial charge on any atom is 0.191 e. The van der Waals surface area contributed by atoms with E-state index in [0.29, 0.717) is 11.3 Å². The molecule has 0 amide bonds. The van der Waals surface area contributed by atoms with E-state index in [9.17, 15) is 8.78 Å². The van der Waals surface area contributed by atoms with Crippen LogP contribution in [0.25, 0.3) is 0 Å². The Bertz CT molecular complexity index is 627. The largest absolute Gasteiger partial charge is 0.331 e. The number of hydrogen-bond acceptors (Lipinski definition) is 2. The first-order chi connectivity index (χ1) is 9.65. The normalized spacial score (nSPS) is 10.5. The van der Waals surface area contributed by atoms with Crippen LogP contribution in [0.3, 0.4) is 0 Å². The standard InChI is InChI=1S/C14H11F2N3S/c15-11-5-7-12(8-6-11)18-14(20)19-17-9-10-3-1-2-4-13(10)16/h1-9H,(H2,18,19,20)/b17-9-. The summed E-state index contributed by atoms with van der Waals surface area (Å²) in [7, 11) is 0. The van der Waals surface area contributed by atoms with E-state index < -0.39 is 0 Å². The molecular formula is C14H11F2N3S. The lowest BCUT2D eigenvalue weighted by Gasteiger charge is -2.06. The van der Waals surface area contributed by atoms with Gasteiger partial charge >= 0.3 is 0 Å². The van der Waals surface area contributed by atoms with Crippen LogP contribution in [-0.2, 0) is 0 Å². The minimum absolute atomic E-state index is 0.226. The van der Waals surface area contributed by atoms with Crippen molar-refractivity contribution >= 4 is 29.2 Å². The van der Waals surface area contributed by atoms with Crippen LogP contribution in [-0.4, -0.2) is 11.3 Å². The van der Waals surface area contributed by atoms with Crippen LogP contribution in [0.2, 0.25) is 0 Å². The van der Waals surface area contributed by atoms with Gasteiger partial charge in [-0.15, -0.1) is 0 Å². The molecule has 0 atom stereocenters. The molecule has 0 radical (unpaired) electrons. The molecule has 6 heteroatoms. The fourth-order valence-corrected chi connectivity index (χ4v) is 1.60. The molecule has 0 aromatic heterocycles. The molecule has 0 heterocycles. The second kappa shape index (κ2) is 6.72. The van der Waals surface area contributed by atoms with Gasteiger partial charge in [-0.3, -0.25) is 5.43 Å². The summed E-state index contributed by atoms with van der Waals surface area (Å²) in [6.07, 6.45) is 1.33. The van der Waals surface area contributed by atoms with E-state index in [-0.39, 0.29) is 16.7 Å². The summed E-state index contributed by atoms with van der Waals surface area (Å²) in [5.41, 5.74) is 3.53. The summed E-state index contributed by atoms with van der Waals surface area (Å²) >= 11 is 4.99. The Hall–Kier alpha value is -2.34. The van der Waals surface area contributed by atoms with E-state index in [2.05, 4.69) is 15.8 Å². The van der Waals surface area contributed by atoms with Crippen molar-refractivity contribution in [1.82, 2.24) is 5.43 Å². The summed E-state index contributed by atoms with van der Waals surface area (Å²) in [6.45, 7) is 0.